The highest BCUT2D eigenvalue weighted by Gasteiger charge is 2.44. The van der Waals surface area contributed by atoms with Crippen LogP contribution in [0.1, 0.15) is 6.92 Å². The third-order valence-corrected chi connectivity index (χ3v) is 2.62. The lowest BCUT2D eigenvalue weighted by Crippen LogP contribution is -2.58. The van der Waals surface area contributed by atoms with E-state index in [1.54, 1.807) is 0 Å². The number of carbonyl (C=O) groups excluding carboxylic acids is 2. The van der Waals surface area contributed by atoms with Gasteiger partial charge in [-0.25, -0.2) is 31.3 Å². The summed E-state index contributed by atoms with van der Waals surface area (Å²) < 4.78 is 0. The van der Waals surface area contributed by atoms with Gasteiger partial charge in [0.15, 0.2) is 5.82 Å². The van der Waals surface area contributed by atoms with Crippen LogP contribution in [0, 0.1) is 0 Å². The van der Waals surface area contributed by atoms with Crippen LogP contribution in [-0.4, -0.2) is 46.0 Å². The van der Waals surface area contributed by atoms with Crippen molar-refractivity contribution < 1.29 is 14.7 Å². The van der Waals surface area contributed by atoms with Gasteiger partial charge in [-0.2, -0.15) is 5.11 Å². The molecule has 0 bridgehead atoms. The molecule has 20 heavy (non-hydrogen) atoms. The van der Waals surface area contributed by atoms with Gasteiger partial charge in [0.2, 0.25) is 5.66 Å². The average molecular weight is 287 g/mol. The van der Waals surface area contributed by atoms with E-state index in [2.05, 4.69) is 15.5 Å². The first-order valence-corrected chi connectivity index (χ1v) is 5.46. The zero-order valence-corrected chi connectivity index (χ0v) is 10.8. The molecule has 12 heteroatoms. The van der Waals surface area contributed by atoms with Crippen molar-refractivity contribution in [2.45, 2.75) is 12.6 Å². The molecule has 1 heterocycles. The fourth-order valence-electron chi connectivity index (χ4n) is 1.54. The van der Waals surface area contributed by atoms with Gasteiger partial charge in [0.25, 0.3) is 0 Å². The smallest absolute Gasteiger partial charge is 0.335 e. The Labute approximate surface area is 114 Å². The van der Waals surface area contributed by atoms with E-state index in [0.29, 0.717) is 10.0 Å². The highest BCUT2D eigenvalue weighted by molar-refractivity contribution is 5.75. The van der Waals surface area contributed by atoms with E-state index in [4.69, 9.17) is 28.3 Å². The minimum atomic E-state index is -1.50. The lowest BCUT2D eigenvalue weighted by molar-refractivity contribution is 0.152. The van der Waals surface area contributed by atoms with E-state index in [0.717, 1.165) is 0 Å². The molecule has 0 radical (unpaired) electrons. The highest BCUT2D eigenvalue weighted by atomic mass is 16.3. The fourth-order valence-corrected chi connectivity index (χ4v) is 1.54. The monoisotopic (exact) mass is 287 g/mol. The minimum absolute atomic E-state index is 0.0820. The van der Waals surface area contributed by atoms with Gasteiger partial charge < -0.3 is 21.9 Å². The molecule has 0 aromatic rings. The summed E-state index contributed by atoms with van der Waals surface area (Å²) in [5.74, 6) is 10.9. The molecule has 0 saturated heterocycles. The van der Waals surface area contributed by atoms with Crippen molar-refractivity contribution in [1.82, 2.24) is 15.3 Å². The van der Waals surface area contributed by atoms with E-state index in [1.165, 1.54) is 6.92 Å². The Balaban J connectivity index is 3.24. The van der Waals surface area contributed by atoms with Gasteiger partial charge in [0, 0.05) is 6.54 Å². The number of primary amides is 2. The molecule has 1 aliphatic rings. The summed E-state index contributed by atoms with van der Waals surface area (Å²) in [6.07, 6.45) is 0. The number of nitrogens with one attached hydrogen (secondary N) is 1. The first-order chi connectivity index (χ1) is 9.25. The summed E-state index contributed by atoms with van der Waals surface area (Å²) in [4.78, 5) is 22.3. The fraction of sp³-hybridized carbons (Fsp3) is 0.500. The lowest BCUT2D eigenvalue weighted by atomic mass is 10.1. The van der Waals surface area contributed by atoms with E-state index >= 15 is 0 Å². The van der Waals surface area contributed by atoms with Crippen LogP contribution in [0.5, 0.6) is 0 Å². The third kappa shape index (κ3) is 2.61. The summed E-state index contributed by atoms with van der Waals surface area (Å²) in [6, 6.07) is -1.97. The van der Waals surface area contributed by atoms with Crippen LogP contribution >= 0.6 is 0 Å². The average Bonchev–Trinajstić information content (AvgIpc) is 2.72. The number of aliphatic hydroxyl groups is 1. The van der Waals surface area contributed by atoms with Gasteiger partial charge in [-0.3, -0.25) is 0 Å². The van der Waals surface area contributed by atoms with Crippen molar-refractivity contribution in [3.8, 4) is 0 Å². The summed E-state index contributed by atoms with van der Waals surface area (Å²) >= 11 is 0. The standard InChI is InChI=1S/C8H17N9O3/c1-8(17(12)7(10)20)4(13-2-3-18)5(14-15-8)16(11)6(9)19/h13,18H,2-3,11-12H2,1H3,(H2,9,19)(H2,10,20). The normalized spacial score (nSPS) is 21.0. The first-order valence-electron chi connectivity index (χ1n) is 5.46. The molecule has 0 saturated carbocycles. The second-order valence-corrected chi connectivity index (χ2v) is 3.99. The van der Waals surface area contributed by atoms with Crippen LogP contribution in [0.3, 0.4) is 0 Å². The van der Waals surface area contributed by atoms with Crippen molar-refractivity contribution in [2.75, 3.05) is 13.2 Å². The molecule has 0 spiro atoms. The van der Waals surface area contributed by atoms with Crippen molar-refractivity contribution in [2.24, 2.45) is 33.4 Å². The molecule has 1 unspecified atom stereocenters. The second-order valence-electron chi connectivity index (χ2n) is 3.99. The molecule has 0 aromatic heterocycles. The van der Waals surface area contributed by atoms with Crippen LogP contribution in [-0.2, 0) is 0 Å². The second kappa shape index (κ2) is 5.68. The Morgan fingerprint density at radius 1 is 1.35 bits per heavy atom. The maximum atomic E-state index is 11.2. The van der Waals surface area contributed by atoms with Crippen molar-refractivity contribution in [3.63, 3.8) is 0 Å². The summed E-state index contributed by atoms with van der Waals surface area (Å²) in [7, 11) is 0. The number of amides is 4. The minimum Gasteiger partial charge on any atom is -0.395 e. The molecule has 0 aromatic carbocycles. The van der Waals surface area contributed by atoms with Crippen molar-refractivity contribution in [3.05, 3.63) is 11.5 Å². The molecule has 10 N–H and O–H groups in total. The lowest BCUT2D eigenvalue weighted by Gasteiger charge is -2.32. The van der Waals surface area contributed by atoms with Gasteiger partial charge in [0.1, 0.15) is 5.70 Å². The summed E-state index contributed by atoms with van der Waals surface area (Å²) in [6.45, 7) is 1.27. The molecule has 4 amide bonds. The number of rotatable bonds is 5. The van der Waals surface area contributed by atoms with Crippen LogP contribution in [0.2, 0.25) is 0 Å². The predicted molar refractivity (Wildman–Crippen MR) is 66.6 cm³/mol. The molecular formula is C8H17N9O3. The SMILES string of the molecule is CC1(N(N)C(N)=O)N=NC(N(N)C(N)=O)=C1NCCO. The Morgan fingerprint density at radius 3 is 2.40 bits per heavy atom. The molecule has 12 nitrogen and oxygen atoms in total. The van der Waals surface area contributed by atoms with Gasteiger partial charge in [-0.15, -0.1) is 5.11 Å². The number of hydrogen-bond acceptors (Lipinski definition) is 8. The molecular weight excluding hydrogens is 270 g/mol. The van der Waals surface area contributed by atoms with Crippen LogP contribution in [0.25, 0.3) is 0 Å². The molecule has 1 atom stereocenters. The number of nitrogens with zero attached hydrogens (tertiary/aromatic N) is 4. The first kappa shape index (κ1) is 15.6. The zero-order valence-electron chi connectivity index (χ0n) is 10.8. The highest BCUT2D eigenvalue weighted by Crippen LogP contribution is 2.32. The quantitative estimate of drug-likeness (QED) is 0.182. The van der Waals surface area contributed by atoms with Crippen LogP contribution < -0.4 is 28.5 Å². The molecule has 0 fully saturated rings. The Hall–Kier alpha value is -2.44. The Kier molecular flexibility index (Phi) is 4.44. The number of carbonyl (C=O) groups is 2. The Morgan fingerprint density at radius 2 is 1.95 bits per heavy atom. The van der Waals surface area contributed by atoms with E-state index in [-0.39, 0.29) is 24.7 Å². The molecule has 1 aliphatic heterocycles. The number of hydrogen-bond donors (Lipinski definition) is 6. The third-order valence-electron chi connectivity index (χ3n) is 2.62. The Bertz CT molecular complexity index is 476. The molecule has 0 aliphatic carbocycles. The van der Waals surface area contributed by atoms with Gasteiger partial charge in [0.05, 0.1) is 6.61 Å². The van der Waals surface area contributed by atoms with E-state index < -0.39 is 17.7 Å². The van der Waals surface area contributed by atoms with Gasteiger partial charge in [-0.1, -0.05) is 0 Å². The number of nitrogens with two attached hydrogens (primary N) is 4. The number of azo groups is 1. The topological polar surface area (TPSA) is 202 Å². The summed E-state index contributed by atoms with van der Waals surface area (Å²) in [5.41, 5.74) is 8.75. The summed E-state index contributed by atoms with van der Waals surface area (Å²) in [5, 5.41) is 20.2. The van der Waals surface area contributed by atoms with Gasteiger partial charge in [-0.05, 0) is 6.92 Å². The van der Waals surface area contributed by atoms with Crippen molar-refractivity contribution >= 4 is 12.1 Å². The van der Waals surface area contributed by atoms with Gasteiger partial charge >= 0.3 is 12.1 Å². The largest absolute Gasteiger partial charge is 0.395 e. The molecule has 1 rings (SSSR count). The van der Waals surface area contributed by atoms with E-state index in [1.807, 2.05) is 0 Å². The number of aliphatic hydroxyl groups excluding tert-OH is 1. The zero-order chi connectivity index (χ0) is 15.5. The van der Waals surface area contributed by atoms with E-state index in [9.17, 15) is 9.59 Å². The molecule has 112 valence electrons. The number of hydrazine groups is 2. The van der Waals surface area contributed by atoms with Crippen LogP contribution in [0.15, 0.2) is 21.7 Å². The maximum absolute atomic E-state index is 11.2. The van der Waals surface area contributed by atoms with Crippen molar-refractivity contribution in [1.29, 1.82) is 0 Å². The number of urea groups is 2. The maximum Gasteiger partial charge on any atom is 0.335 e. The predicted octanol–water partition coefficient (Wildman–Crippen LogP) is -2.57. The van der Waals surface area contributed by atoms with Crippen LogP contribution in [0.4, 0.5) is 9.59 Å².